The first kappa shape index (κ1) is 20.2. The van der Waals surface area contributed by atoms with Crippen LogP contribution in [0.3, 0.4) is 0 Å². The third kappa shape index (κ3) is 7.35. The predicted molar refractivity (Wildman–Crippen MR) is 102 cm³/mol. The summed E-state index contributed by atoms with van der Waals surface area (Å²) in [6.07, 6.45) is 3.19. The fourth-order valence-electron chi connectivity index (χ4n) is 2.77. The summed E-state index contributed by atoms with van der Waals surface area (Å²) in [6.45, 7) is 0.422. The topological polar surface area (TPSA) is 101 Å². The average molecular weight is 371 g/mol. The number of carbonyl (C=O) groups is 2. The highest BCUT2D eigenvalue weighted by molar-refractivity contribution is 5.74. The number of hydrogen-bond donors (Lipinski definition) is 3. The molecule has 1 heterocycles. The number of nitrogens with one attached hydrogen (secondary N) is 2. The van der Waals surface area contributed by atoms with Crippen LogP contribution in [0.1, 0.15) is 24.0 Å². The largest absolute Gasteiger partial charge is 0.481 e. The molecule has 0 fully saturated rings. The van der Waals surface area contributed by atoms with Gasteiger partial charge in [0.1, 0.15) is 0 Å². The summed E-state index contributed by atoms with van der Waals surface area (Å²) in [5.41, 5.74) is 1.96. The number of hydrogen-bond acceptors (Lipinski definition) is 4. The van der Waals surface area contributed by atoms with Gasteiger partial charge < -0.3 is 20.5 Å². The first-order valence-electron chi connectivity index (χ1n) is 8.86. The van der Waals surface area contributed by atoms with Gasteiger partial charge in [0.15, 0.2) is 0 Å². The molecule has 0 radical (unpaired) electrons. The standard InChI is InChI=1S/C20H25N3O4/c1-27-19-16(8-5-12-21-19)11-13-22-20(26)23-17(9-10-18(24)25)14-15-6-3-2-4-7-15/h2-8,12,17H,9-11,13-14H2,1H3,(H,24,25)(H2,22,23,26). The Hall–Kier alpha value is -3.09. The van der Waals surface area contributed by atoms with Gasteiger partial charge in [0.05, 0.1) is 7.11 Å². The number of carboxylic acid groups (broad SMARTS) is 1. The number of aliphatic carboxylic acids is 1. The SMILES string of the molecule is COc1ncccc1CCNC(=O)NC(CCC(=O)O)Cc1ccccc1. The van der Waals surface area contributed by atoms with Crippen LogP contribution in [0.2, 0.25) is 0 Å². The van der Waals surface area contributed by atoms with Crippen LogP contribution < -0.4 is 15.4 Å². The molecule has 0 aliphatic rings. The molecular formula is C20H25N3O4. The van der Waals surface area contributed by atoms with E-state index in [-0.39, 0.29) is 18.5 Å². The summed E-state index contributed by atoms with van der Waals surface area (Å²) in [4.78, 5) is 27.2. The maximum atomic E-state index is 12.2. The fraction of sp³-hybridized carbons (Fsp3) is 0.350. The van der Waals surface area contributed by atoms with Crippen molar-refractivity contribution < 1.29 is 19.4 Å². The Morgan fingerprint density at radius 3 is 2.67 bits per heavy atom. The number of urea groups is 1. The van der Waals surface area contributed by atoms with E-state index in [0.717, 1.165) is 11.1 Å². The number of aromatic nitrogens is 1. The molecule has 0 aliphatic heterocycles. The van der Waals surface area contributed by atoms with Crippen molar-refractivity contribution in [3.05, 3.63) is 59.8 Å². The van der Waals surface area contributed by atoms with Crippen LogP contribution in [0.5, 0.6) is 5.88 Å². The zero-order chi connectivity index (χ0) is 19.5. The van der Waals surface area contributed by atoms with Crippen LogP contribution in [-0.4, -0.2) is 41.8 Å². The summed E-state index contributed by atoms with van der Waals surface area (Å²) in [5, 5.41) is 14.6. The lowest BCUT2D eigenvalue weighted by Crippen LogP contribution is -2.44. The minimum atomic E-state index is -0.876. The van der Waals surface area contributed by atoms with Crippen molar-refractivity contribution in [3.63, 3.8) is 0 Å². The smallest absolute Gasteiger partial charge is 0.315 e. The molecule has 7 heteroatoms. The molecular weight excluding hydrogens is 346 g/mol. The van der Waals surface area contributed by atoms with Gasteiger partial charge in [0.25, 0.3) is 0 Å². The summed E-state index contributed by atoms with van der Waals surface area (Å²) >= 11 is 0. The summed E-state index contributed by atoms with van der Waals surface area (Å²) in [7, 11) is 1.56. The fourth-order valence-corrected chi connectivity index (χ4v) is 2.77. The summed E-state index contributed by atoms with van der Waals surface area (Å²) < 4.78 is 5.19. The maximum absolute atomic E-state index is 12.2. The number of rotatable bonds is 10. The Morgan fingerprint density at radius 1 is 1.19 bits per heavy atom. The van der Waals surface area contributed by atoms with Crippen molar-refractivity contribution in [2.75, 3.05) is 13.7 Å². The molecule has 144 valence electrons. The van der Waals surface area contributed by atoms with Crippen molar-refractivity contribution in [3.8, 4) is 5.88 Å². The van der Waals surface area contributed by atoms with E-state index in [4.69, 9.17) is 9.84 Å². The first-order valence-corrected chi connectivity index (χ1v) is 8.86. The molecule has 2 rings (SSSR count). The van der Waals surface area contributed by atoms with Crippen LogP contribution in [0.15, 0.2) is 48.7 Å². The van der Waals surface area contributed by atoms with Crippen LogP contribution >= 0.6 is 0 Å². The molecule has 0 bridgehead atoms. The highest BCUT2D eigenvalue weighted by atomic mass is 16.5. The van der Waals surface area contributed by atoms with Crippen molar-refractivity contribution in [1.82, 2.24) is 15.6 Å². The summed E-state index contributed by atoms with van der Waals surface area (Å²) in [6, 6.07) is 12.8. The zero-order valence-electron chi connectivity index (χ0n) is 15.4. The minimum Gasteiger partial charge on any atom is -0.481 e. The molecule has 2 amide bonds. The Morgan fingerprint density at radius 2 is 1.96 bits per heavy atom. The van der Waals surface area contributed by atoms with E-state index in [9.17, 15) is 9.59 Å². The van der Waals surface area contributed by atoms with E-state index in [1.165, 1.54) is 0 Å². The van der Waals surface area contributed by atoms with Gasteiger partial charge in [-0.2, -0.15) is 0 Å². The second-order valence-electron chi connectivity index (χ2n) is 6.14. The summed E-state index contributed by atoms with van der Waals surface area (Å²) in [5.74, 6) is -0.331. The quantitative estimate of drug-likeness (QED) is 0.595. The molecule has 0 saturated carbocycles. The normalized spacial score (nSPS) is 11.4. The van der Waals surface area contributed by atoms with Gasteiger partial charge in [0.2, 0.25) is 5.88 Å². The molecule has 2 aromatic rings. The Labute approximate surface area is 158 Å². The van der Waals surface area contributed by atoms with Crippen LogP contribution in [-0.2, 0) is 17.6 Å². The number of amides is 2. The molecule has 0 spiro atoms. The lowest BCUT2D eigenvalue weighted by atomic mass is 10.0. The maximum Gasteiger partial charge on any atom is 0.315 e. The number of nitrogens with zero attached hydrogens (tertiary/aromatic N) is 1. The van der Waals surface area contributed by atoms with E-state index in [1.807, 2.05) is 42.5 Å². The van der Waals surface area contributed by atoms with Crippen LogP contribution in [0, 0.1) is 0 Å². The number of carbonyl (C=O) groups excluding carboxylic acids is 1. The van der Waals surface area contributed by atoms with Gasteiger partial charge in [-0.25, -0.2) is 9.78 Å². The molecule has 0 aliphatic carbocycles. The molecule has 27 heavy (non-hydrogen) atoms. The number of ether oxygens (including phenoxy) is 1. The van der Waals surface area contributed by atoms with Gasteiger partial charge in [0, 0.05) is 30.8 Å². The lowest BCUT2D eigenvalue weighted by Gasteiger charge is -2.19. The van der Waals surface area contributed by atoms with Gasteiger partial charge in [-0.15, -0.1) is 0 Å². The number of pyridine rings is 1. The van der Waals surface area contributed by atoms with Crippen molar-refractivity contribution in [1.29, 1.82) is 0 Å². The first-order chi connectivity index (χ1) is 13.1. The van der Waals surface area contributed by atoms with Gasteiger partial charge >= 0.3 is 12.0 Å². The Balaban J connectivity index is 1.85. The third-order valence-electron chi connectivity index (χ3n) is 4.09. The number of benzene rings is 1. The monoisotopic (exact) mass is 371 g/mol. The van der Waals surface area contributed by atoms with E-state index < -0.39 is 5.97 Å². The predicted octanol–water partition coefficient (Wildman–Crippen LogP) is 2.41. The molecule has 1 aromatic heterocycles. The molecule has 7 nitrogen and oxygen atoms in total. The van der Waals surface area contributed by atoms with E-state index >= 15 is 0 Å². The lowest BCUT2D eigenvalue weighted by molar-refractivity contribution is -0.137. The van der Waals surface area contributed by atoms with E-state index in [2.05, 4.69) is 15.6 Å². The minimum absolute atomic E-state index is 0.00463. The molecule has 0 saturated heterocycles. The van der Waals surface area contributed by atoms with Crippen molar-refractivity contribution >= 4 is 12.0 Å². The van der Waals surface area contributed by atoms with Gasteiger partial charge in [-0.05, 0) is 30.9 Å². The highest BCUT2D eigenvalue weighted by Crippen LogP contribution is 2.13. The van der Waals surface area contributed by atoms with E-state index in [1.54, 1.807) is 13.3 Å². The second kappa shape index (κ2) is 10.8. The number of carboxylic acids is 1. The second-order valence-corrected chi connectivity index (χ2v) is 6.14. The van der Waals surface area contributed by atoms with Gasteiger partial charge in [-0.3, -0.25) is 4.79 Å². The van der Waals surface area contributed by atoms with Gasteiger partial charge in [-0.1, -0.05) is 36.4 Å². The van der Waals surface area contributed by atoms with Crippen molar-refractivity contribution in [2.24, 2.45) is 0 Å². The van der Waals surface area contributed by atoms with E-state index in [0.29, 0.717) is 31.7 Å². The van der Waals surface area contributed by atoms with Crippen molar-refractivity contribution in [2.45, 2.75) is 31.7 Å². The Bertz CT molecular complexity index is 737. The molecule has 1 unspecified atom stereocenters. The van der Waals surface area contributed by atoms with Crippen LogP contribution in [0.4, 0.5) is 4.79 Å². The third-order valence-corrected chi connectivity index (χ3v) is 4.09. The van der Waals surface area contributed by atoms with Crippen LogP contribution in [0.25, 0.3) is 0 Å². The molecule has 1 aromatic carbocycles. The highest BCUT2D eigenvalue weighted by Gasteiger charge is 2.15. The average Bonchev–Trinajstić information content (AvgIpc) is 2.67. The Kier molecular flexibility index (Phi) is 8.09. The zero-order valence-corrected chi connectivity index (χ0v) is 15.4. The molecule has 3 N–H and O–H groups in total. The molecule has 1 atom stereocenters. The number of methoxy groups -OCH3 is 1.